The van der Waals surface area contributed by atoms with E-state index >= 15 is 0 Å². The minimum atomic E-state index is -3.09. The first-order chi connectivity index (χ1) is 5.61. The Morgan fingerprint density at radius 2 is 1.92 bits per heavy atom. The van der Waals surface area contributed by atoms with Crippen LogP contribution in [0.3, 0.4) is 0 Å². The van der Waals surface area contributed by atoms with E-state index in [1.54, 1.807) is 0 Å². The van der Waals surface area contributed by atoms with Gasteiger partial charge in [-0.15, -0.1) is 0 Å². The van der Waals surface area contributed by atoms with Crippen LogP contribution >= 0.6 is 23.5 Å². The maximum Gasteiger partial charge on any atom is 0.357 e. The van der Waals surface area contributed by atoms with Gasteiger partial charge in [0.1, 0.15) is 5.76 Å². The maximum absolute atomic E-state index is 11.5. The molecule has 0 rings (SSSR count). The number of alkyl halides is 1. The minimum absolute atomic E-state index is 0.472. The predicted octanol–water partition coefficient (Wildman–Crippen LogP) is 2.36. The molecule has 6 heteroatoms. The number of rotatable bonds is 5. The van der Waals surface area contributed by atoms with Crippen molar-refractivity contribution in [1.82, 2.24) is 0 Å². The summed E-state index contributed by atoms with van der Waals surface area (Å²) in [5.74, 6) is 1.85. The zero-order chi connectivity index (χ0) is 9.61. The molecule has 0 radical (unpaired) electrons. The Bertz CT molecular complexity index is 190. The van der Waals surface area contributed by atoms with Gasteiger partial charge in [0.25, 0.3) is 0 Å². The van der Waals surface area contributed by atoms with Crippen LogP contribution in [-0.2, 0) is 18.3 Å². The molecule has 72 valence electrons. The van der Waals surface area contributed by atoms with Crippen LogP contribution in [0, 0.1) is 0 Å². The Morgan fingerprint density at radius 3 is 2.17 bits per heavy atom. The fourth-order valence-corrected chi connectivity index (χ4v) is 2.05. The third kappa shape index (κ3) is 3.72. The molecule has 0 saturated heterocycles. The van der Waals surface area contributed by atoms with Crippen molar-refractivity contribution in [3.8, 4) is 0 Å². The van der Waals surface area contributed by atoms with Crippen LogP contribution in [-0.4, -0.2) is 26.7 Å². The largest absolute Gasteiger partial charge is 0.500 e. The lowest BCUT2D eigenvalue weighted by Crippen LogP contribution is -1.91. The van der Waals surface area contributed by atoms with Gasteiger partial charge in [0, 0.05) is 14.2 Å². The van der Waals surface area contributed by atoms with E-state index in [1.165, 1.54) is 27.1 Å². The molecule has 0 aliphatic carbocycles. The number of hydrogen-bond donors (Lipinski definition) is 0. The van der Waals surface area contributed by atoms with Gasteiger partial charge in [0.2, 0.25) is 0 Å². The summed E-state index contributed by atoms with van der Waals surface area (Å²) in [6.45, 7) is 0. The van der Waals surface area contributed by atoms with Crippen molar-refractivity contribution in [3.05, 3.63) is 11.6 Å². The molecule has 0 aromatic carbocycles. The molecular weight excluding hydrogens is 247 g/mol. The van der Waals surface area contributed by atoms with E-state index in [0.717, 1.165) is 0 Å². The summed E-state index contributed by atoms with van der Waals surface area (Å²) in [6.07, 6.45) is 0. The SMILES string of the molecule is CO/C(=C\P(=O)(OC)OC)CBr. The second kappa shape index (κ2) is 5.75. The van der Waals surface area contributed by atoms with E-state index in [2.05, 4.69) is 25.0 Å². The van der Waals surface area contributed by atoms with E-state index in [9.17, 15) is 4.57 Å². The van der Waals surface area contributed by atoms with E-state index < -0.39 is 7.60 Å². The van der Waals surface area contributed by atoms with Gasteiger partial charge in [-0.3, -0.25) is 4.57 Å². The molecule has 0 aliphatic heterocycles. The zero-order valence-corrected chi connectivity index (χ0v) is 9.72. The summed E-state index contributed by atoms with van der Waals surface area (Å²) in [7, 11) is 1.04. The van der Waals surface area contributed by atoms with Crippen LogP contribution in [0.1, 0.15) is 0 Å². The topological polar surface area (TPSA) is 44.8 Å². The van der Waals surface area contributed by atoms with Gasteiger partial charge in [0.15, 0.2) is 0 Å². The highest BCUT2D eigenvalue weighted by molar-refractivity contribution is 9.09. The maximum atomic E-state index is 11.5. The third-order valence-electron chi connectivity index (χ3n) is 1.20. The van der Waals surface area contributed by atoms with E-state index in [4.69, 9.17) is 4.74 Å². The van der Waals surface area contributed by atoms with Crippen molar-refractivity contribution >= 4 is 23.5 Å². The highest BCUT2D eigenvalue weighted by atomic mass is 79.9. The zero-order valence-electron chi connectivity index (χ0n) is 7.24. The molecule has 0 aliphatic rings. The molecule has 0 aromatic rings. The second-order valence-electron chi connectivity index (χ2n) is 1.84. The quantitative estimate of drug-likeness (QED) is 0.432. The second-order valence-corrected chi connectivity index (χ2v) is 4.47. The van der Waals surface area contributed by atoms with E-state index in [-0.39, 0.29) is 0 Å². The molecule has 12 heavy (non-hydrogen) atoms. The van der Waals surface area contributed by atoms with Crippen molar-refractivity contribution in [2.45, 2.75) is 0 Å². The number of hydrogen-bond acceptors (Lipinski definition) is 4. The van der Waals surface area contributed by atoms with Crippen LogP contribution in [0.2, 0.25) is 0 Å². The molecule has 0 spiro atoms. The first kappa shape index (κ1) is 12.2. The van der Waals surface area contributed by atoms with Crippen molar-refractivity contribution in [2.24, 2.45) is 0 Å². The lowest BCUT2D eigenvalue weighted by atomic mass is 10.7. The molecule has 0 N–H and O–H groups in total. The smallest absolute Gasteiger partial charge is 0.357 e. The molecule has 0 aromatic heterocycles. The standard InChI is InChI=1S/C6H12BrO4P/c1-9-6(4-7)5-12(8,10-2)11-3/h5H,4H2,1-3H3/b6-5-. The first-order valence-electron chi connectivity index (χ1n) is 3.14. The number of halogens is 1. The van der Waals surface area contributed by atoms with E-state index in [1.807, 2.05) is 0 Å². The van der Waals surface area contributed by atoms with Crippen molar-refractivity contribution in [3.63, 3.8) is 0 Å². The summed E-state index contributed by atoms with van der Waals surface area (Å²) in [5.41, 5.74) is 0. The third-order valence-corrected chi connectivity index (χ3v) is 3.38. The van der Waals surface area contributed by atoms with Gasteiger partial charge >= 0.3 is 7.60 Å². The molecule has 0 atom stereocenters. The van der Waals surface area contributed by atoms with Gasteiger partial charge < -0.3 is 13.8 Å². The van der Waals surface area contributed by atoms with E-state index in [0.29, 0.717) is 11.1 Å². The highest BCUT2D eigenvalue weighted by Gasteiger charge is 2.18. The molecule has 0 heterocycles. The van der Waals surface area contributed by atoms with Crippen molar-refractivity contribution in [1.29, 1.82) is 0 Å². The van der Waals surface area contributed by atoms with Gasteiger partial charge in [-0.1, -0.05) is 15.9 Å². The predicted molar refractivity (Wildman–Crippen MR) is 50.5 cm³/mol. The van der Waals surface area contributed by atoms with Crippen LogP contribution in [0.25, 0.3) is 0 Å². The first-order valence-corrected chi connectivity index (χ1v) is 5.88. The molecule has 0 fully saturated rings. The Kier molecular flexibility index (Phi) is 5.84. The summed E-state index contributed by atoms with van der Waals surface area (Å²) in [6, 6.07) is 0. The molecule has 4 nitrogen and oxygen atoms in total. The molecule has 0 saturated carbocycles. The van der Waals surface area contributed by atoms with Crippen molar-refractivity contribution < 1.29 is 18.3 Å². The fourth-order valence-electron chi connectivity index (χ4n) is 0.498. The summed E-state index contributed by atoms with van der Waals surface area (Å²) in [4.78, 5) is 0. The molecular formula is C6H12BrO4P. The minimum Gasteiger partial charge on any atom is -0.500 e. The fraction of sp³-hybridized carbons (Fsp3) is 0.667. The van der Waals surface area contributed by atoms with Crippen LogP contribution in [0.15, 0.2) is 11.6 Å². The van der Waals surface area contributed by atoms with Gasteiger partial charge in [-0.2, -0.15) is 0 Å². The number of ether oxygens (including phenoxy) is 1. The lowest BCUT2D eigenvalue weighted by Gasteiger charge is -2.10. The van der Waals surface area contributed by atoms with Gasteiger partial charge in [0.05, 0.1) is 18.3 Å². The van der Waals surface area contributed by atoms with Gasteiger partial charge in [-0.05, 0) is 0 Å². The summed E-state index contributed by atoms with van der Waals surface area (Å²) in [5, 5.41) is 0.472. The average Bonchev–Trinajstić information content (AvgIpc) is 2.14. The Labute approximate surface area is 80.5 Å². The normalized spacial score (nSPS) is 13.2. The Balaban J connectivity index is 4.54. The molecule has 0 amide bonds. The van der Waals surface area contributed by atoms with Crippen molar-refractivity contribution in [2.75, 3.05) is 26.7 Å². The Morgan fingerprint density at radius 1 is 1.42 bits per heavy atom. The van der Waals surface area contributed by atoms with Gasteiger partial charge in [-0.25, -0.2) is 0 Å². The van der Waals surface area contributed by atoms with Crippen LogP contribution < -0.4 is 0 Å². The van der Waals surface area contributed by atoms with Crippen LogP contribution in [0.5, 0.6) is 0 Å². The highest BCUT2D eigenvalue weighted by Crippen LogP contribution is 2.49. The number of allylic oxidation sites excluding steroid dienone is 1. The molecule has 0 bridgehead atoms. The summed E-state index contributed by atoms with van der Waals surface area (Å²) < 4.78 is 25.7. The number of methoxy groups -OCH3 is 1. The van der Waals surface area contributed by atoms with Crippen LogP contribution in [0.4, 0.5) is 0 Å². The average molecular weight is 259 g/mol. The monoisotopic (exact) mass is 258 g/mol. The molecule has 0 unspecified atom stereocenters. The summed E-state index contributed by atoms with van der Waals surface area (Å²) >= 11 is 3.16. The lowest BCUT2D eigenvalue weighted by molar-refractivity contribution is 0.275. The Hall–Kier alpha value is 0.170.